The fourth-order valence-electron chi connectivity index (χ4n) is 1.04. The summed E-state index contributed by atoms with van der Waals surface area (Å²) >= 11 is 0. The standard InChI is InChI=1S/C11H19N/c1-6-9(5)11(12)10(7-2)8(3)4/h6-8H,2,12H2,1,3-5H3/b9-6-,11-10-. The van der Waals surface area contributed by atoms with Crippen LogP contribution in [0.5, 0.6) is 0 Å². The molecule has 0 aromatic rings. The third kappa shape index (κ3) is 2.57. The molecule has 1 nitrogen and oxygen atoms in total. The average molecular weight is 165 g/mol. The first-order valence-electron chi connectivity index (χ1n) is 4.29. The second kappa shape index (κ2) is 4.81. The van der Waals surface area contributed by atoms with E-state index in [1.54, 1.807) is 0 Å². The van der Waals surface area contributed by atoms with E-state index in [1.165, 1.54) is 0 Å². The largest absolute Gasteiger partial charge is 0.398 e. The van der Waals surface area contributed by atoms with Crippen LogP contribution in [0.4, 0.5) is 0 Å². The normalized spacial score (nSPS) is 14.6. The minimum Gasteiger partial charge on any atom is -0.398 e. The van der Waals surface area contributed by atoms with Gasteiger partial charge in [-0.15, -0.1) is 0 Å². The first-order valence-corrected chi connectivity index (χ1v) is 4.29. The molecular formula is C11H19N. The zero-order valence-corrected chi connectivity index (χ0v) is 8.52. The Bertz CT molecular complexity index is 219. The van der Waals surface area contributed by atoms with Crippen molar-refractivity contribution in [3.63, 3.8) is 0 Å². The van der Waals surface area contributed by atoms with Crippen LogP contribution in [0.3, 0.4) is 0 Å². The van der Waals surface area contributed by atoms with E-state index < -0.39 is 0 Å². The molecule has 0 radical (unpaired) electrons. The van der Waals surface area contributed by atoms with Crippen molar-refractivity contribution >= 4 is 0 Å². The topological polar surface area (TPSA) is 26.0 Å². The number of nitrogens with two attached hydrogens (primary N) is 1. The van der Waals surface area contributed by atoms with Gasteiger partial charge in [-0.2, -0.15) is 0 Å². The summed E-state index contributed by atoms with van der Waals surface area (Å²) in [5, 5.41) is 0. The third-order valence-electron chi connectivity index (χ3n) is 2.01. The highest BCUT2D eigenvalue weighted by molar-refractivity contribution is 5.36. The molecule has 0 saturated carbocycles. The van der Waals surface area contributed by atoms with E-state index in [-0.39, 0.29) is 0 Å². The lowest BCUT2D eigenvalue weighted by molar-refractivity contribution is 0.779. The summed E-state index contributed by atoms with van der Waals surface area (Å²) in [6, 6.07) is 0. The summed E-state index contributed by atoms with van der Waals surface area (Å²) < 4.78 is 0. The maximum Gasteiger partial charge on any atom is 0.0375 e. The van der Waals surface area contributed by atoms with E-state index >= 15 is 0 Å². The van der Waals surface area contributed by atoms with Crippen LogP contribution in [-0.2, 0) is 0 Å². The number of hydrogen-bond acceptors (Lipinski definition) is 1. The molecule has 0 aliphatic rings. The van der Waals surface area contributed by atoms with Gasteiger partial charge in [-0.05, 0) is 30.9 Å². The molecule has 2 N–H and O–H groups in total. The van der Waals surface area contributed by atoms with Crippen molar-refractivity contribution in [2.24, 2.45) is 11.7 Å². The molecule has 0 unspecified atom stereocenters. The van der Waals surface area contributed by atoms with Gasteiger partial charge in [-0.3, -0.25) is 0 Å². The molecule has 0 fully saturated rings. The Balaban J connectivity index is 4.97. The molecule has 12 heavy (non-hydrogen) atoms. The SMILES string of the molecule is C=C/C(=C(N)\C(C)=C/C)C(C)C. The van der Waals surface area contributed by atoms with E-state index in [1.807, 2.05) is 26.0 Å². The molecular weight excluding hydrogens is 146 g/mol. The van der Waals surface area contributed by atoms with E-state index in [2.05, 4.69) is 20.4 Å². The molecule has 0 heterocycles. The monoisotopic (exact) mass is 165 g/mol. The summed E-state index contributed by atoms with van der Waals surface area (Å²) in [5.74, 6) is 0.442. The van der Waals surface area contributed by atoms with E-state index in [0.717, 1.165) is 16.8 Å². The van der Waals surface area contributed by atoms with Gasteiger partial charge in [0.05, 0.1) is 0 Å². The van der Waals surface area contributed by atoms with Crippen LogP contribution in [0, 0.1) is 5.92 Å². The highest BCUT2D eigenvalue weighted by Crippen LogP contribution is 2.17. The Morgan fingerprint density at radius 3 is 2.17 bits per heavy atom. The Hall–Kier alpha value is -0.980. The third-order valence-corrected chi connectivity index (χ3v) is 2.01. The molecule has 0 spiro atoms. The van der Waals surface area contributed by atoms with Crippen LogP contribution in [0.1, 0.15) is 27.7 Å². The predicted octanol–water partition coefficient (Wildman–Crippen LogP) is 3.01. The molecule has 0 amide bonds. The Kier molecular flexibility index (Phi) is 4.42. The zero-order valence-electron chi connectivity index (χ0n) is 8.52. The number of rotatable bonds is 3. The summed E-state index contributed by atoms with van der Waals surface area (Å²) in [4.78, 5) is 0. The van der Waals surface area contributed by atoms with Gasteiger partial charge in [0.1, 0.15) is 0 Å². The van der Waals surface area contributed by atoms with Crippen LogP contribution in [0.15, 0.2) is 35.6 Å². The summed E-state index contributed by atoms with van der Waals surface area (Å²) in [7, 11) is 0. The van der Waals surface area contributed by atoms with Gasteiger partial charge >= 0.3 is 0 Å². The molecule has 0 aromatic heterocycles. The van der Waals surface area contributed by atoms with Crippen LogP contribution in [0.25, 0.3) is 0 Å². The molecule has 0 atom stereocenters. The lowest BCUT2D eigenvalue weighted by Crippen LogP contribution is -2.06. The van der Waals surface area contributed by atoms with Gasteiger partial charge in [0.2, 0.25) is 0 Å². The van der Waals surface area contributed by atoms with Gasteiger partial charge in [-0.25, -0.2) is 0 Å². The highest BCUT2D eigenvalue weighted by Gasteiger charge is 2.04. The average Bonchev–Trinajstić information content (AvgIpc) is 2.03. The molecule has 0 rings (SSSR count). The van der Waals surface area contributed by atoms with Crippen LogP contribution in [0.2, 0.25) is 0 Å². The lowest BCUT2D eigenvalue weighted by Gasteiger charge is -2.11. The van der Waals surface area contributed by atoms with Crippen molar-refractivity contribution < 1.29 is 0 Å². The summed E-state index contributed by atoms with van der Waals surface area (Å²) in [6.45, 7) is 12.0. The molecule has 1 heteroatoms. The second-order valence-corrected chi connectivity index (χ2v) is 3.20. The van der Waals surface area contributed by atoms with Crippen molar-refractivity contribution in [1.82, 2.24) is 0 Å². The van der Waals surface area contributed by atoms with Crippen molar-refractivity contribution in [1.29, 1.82) is 0 Å². The summed E-state index contributed by atoms with van der Waals surface area (Å²) in [6.07, 6.45) is 3.86. The first kappa shape index (κ1) is 11.0. The van der Waals surface area contributed by atoms with E-state index in [0.29, 0.717) is 5.92 Å². The van der Waals surface area contributed by atoms with Crippen LogP contribution in [-0.4, -0.2) is 0 Å². The molecule has 0 bridgehead atoms. The minimum absolute atomic E-state index is 0.442. The maximum absolute atomic E-state index is 5.92. The molecule has 0 aromatic carbocycles. The van der Waals surface area contributed by atoms with E-state index in [4.69, 9.17) is 5.73 Å². The predicted molar refractivity (Wildman–Crippen MR) is 55.7 cm³/mol. The second-order valence-electron chi connectivity index (χ2n) is 3.20. The summed E-state index contributed by atoms with van der Waals surface area (Å²) in [5.41, 5.74) is 9.04. The Morgan fingerprint density at radius 1 is 1.42 bits per heavy atom. The fraction of sp³-hybridized carbons (Fsp3) is 0.455. The lowest BCUT2D eigenvalue weighted by atomic mass is 9.98. The Labute approximate surface area is 75.7 Å². The number of hydrogen-bond donors (Lipinski definition) is 1. The van der Waals surface area contributed by atoms with E-state index in [9.17, 15) is 0 Å². The Morgan fingerprint density at radius 2 is 1.92 bits per heavy atom. The van der Waals surface area contributed by atoms with Gasteiger partial charge in [-0.1, -0.05) is 32.6 Å². The van der Waals surface area contributed by atoms with Gasteiger partial charge < -0.3 is 5.73 Å². The van der Waals surface area contributed by atoms with Gasteiger partial charge in [0.25, 0.3) is 0 Å². The molecule has 0 aliphatic heterocycles. The minimum atomic E-state index is 0.442. The zero-order chi connectivity index (χ0) is 9.72. The van der Waals surface area contributed by atoms with Crippen molar-refractivity contribution in [2.45, 2.75) is 27.7 Å². The van der Waals surface area contributed by atoms with Crippen molar-refractivity contribution in [3.05, 3.63) is 35.6 Å². The van der Waals surface area contributed by atoms with Crippen LogP contribution < -0.4 is 5.73 Å². The first-order chi connectivity index (χ1) is 5.54. The highest BCUT2D eigenvalue weighted by atomic mass is 14.6. The number of allylic oxidation sites excluding steroid dienone is 4. The molecule has 0 aliphatic carbocycles. The van der Waals surface area contributed by atoms with Gasteiger partial charge in [0, 0.05) is 5.70 Å². The maximum atomic E-state index is 5.92. The quantitative estimate of drug-likeness (QED) is 0.639. The van der Waals surface area contributed by atoms with Crippen LogP contribution >= 0.6 is 0 Å². The fourth-order valence-corrected chi connectivity index (χ4v) is 1.04. The smallest absolute Gasteiger partial charge is 0.0375 e. The van der Waals surface area contributed by atoms with Crippen molar-refractivity contribution in [2.75, 3.05) is 0 Å². The van der Waals surface area contributed by atoms with Crippen molar-refractivity contribution in [3.8, 4) is 0 Å². The molecule has 68 valence electrons. The van der Waals surface area contributed by atoms with Gasteiger partial charge in [0.15, 0.2) is 0 Å². The molecule has 0 saturated heterocycles.